The van der Waals surface area contributed by atoms with Crippen LogP contribution in [0.4, 0.5) is 11.6 Å². The average molecular weight is 444 g/mol. The van der Waals surface area contributed by atoms with Crippen LogP contribution in [0.5, 0.6) is 0 Å². The van der Waals surface area contributed by atoms with Crippen molar-refractivity contribution in [2.24, 2.45) is 13.0 Å². The van der Waals surface area contributed by atoms with E-state index >= 15 is 0 Å². The van der Waals surface area contributed by atoms with Gasteiger partial charge < -0.3 is 9.47 Å². The molecule has 0 fully saturated rings. The van der Waals surface area contributed by atoms with Crippen LogP contribution in [0.25, 0.3) is 11.2 Å². The van der Waals surface area contributed by atoms with Gasteiger partial charge in [-0.15, -0.1) is 0 Å². The van der Waals surface area contributed by atoms with Crippen LogP contribution in [0.15, 0.2) is 52.1 Å². The molecule has 7 heteroatoms. The lowest BCUT2D eigenvalue weighted by Crippen LogP contribution is -2.40. The van der Waals surface area contributed by atoms with Crippen molar-refractivity contribution in [1.29, 1.82) is 0 Å². The predicted molar refractivity (Wildman–Crippen MR) is 132 cm³/mol. The van der Waals surface area contributed by atoms with Crippen molar-refractivity contribution < 1.29 is 0 Å². The van der Waals surface area contributed by atoms with Crippen LogP contribution in [0.1, 0.15) is 29.2 Å². The lowest BCUT2D eigenvalue weighted by atomic mass is 10.1. The third kappa shape index (κ3) is 3.57. The van der Waals surface area contributed by atoms with Gasteiger partial charge in [-0.1, -0.05) is 42.8 Å². The first-order valence-electron chi connectivity index (χ1n) is 11.3. The van der Waals surface area contributed by atoms with E-state index in [-0.39, 0.29) is 17.8 Å². The highest BCUT2D eigenvalue weighted by atomic mass is 16.2. The molecule has 0 amide bonds. The molecule has 0 radical (unpaired) electrons. The fourth-order valence-corrected chi connectivity index (χ4v) is 4.84. The molecule has 4 aromatic rings. The summed E-state index contributed by atoms with van der Waals surface area (Å²) in [4.78, 5) is 33.8. The van der Waals surface area contributed by atoms with Crippen LogP contribution in [0, 0.1) is 26.7 Å². The number of fused-ring (bicyclic) bond motifs is 3. The smallest absolute Gasteiger partial charge is 0.312 e. The van der Waals surface area contributed by atoms with Crippen molar-refractivity contribution in [2.75, 3.05) is 11.4 Å². The SMILES string of the molecule is Cc1ccc(Cn2c(=O)c3c(nc4n3C[C@@H](C)CN4c3cc(C)cc(C)c3)n(C)c2=O)cc1. The van der Waals surface area contributed by atoms with Crippen LogP contribution in [0.3, 0.4) is 0 Å². The quantitative estimate of drug-likeness (QED) is 0.485. The molecular formula is C26H29N5O2. The summed E-state index contributed by atoms with van der Waals surface area (Å²) in [5.41, 5.74) is 5.75. The predicted octanol–water partition coefficient (Wildman–Crippen LogP) is 3.66. The molecule has 5 rings (SSSR count). The molecule has 0 aliphatic carbocycles. The molecule has 33 heavy (non-hydrogen) atoms. The molecule has 0 spiro atoms. The second-order valence-corrected chi connectivity index (χ2v) is 9.47. The topological polar surface area (TPSA) is 65.1 Å². The number of anilines is 2. The number of rotatable bonds is 3. The van der Waals surface area contributed by atoms with E-state index in [1.54, 1.807) is 7.05 Å². The van der Waals surface area contributed by atoms with Crippen LogP contribution in [-0.2, 0) is 20.1 Å². The van der Waals surface area contributed by atoms with Crippen molar-refractivity contribution in [3.05, 3.63) is 85.6 Å². The maximum atomic E-state index is 13.6. The van der Waals surface area contributed by atoms with E-state index < -0.39 is 0 Å². The van der Waals surface area contributed by atoms with Gasteiger partial charge in [-0.2, -0.15) is 4.98 Å². The molecule has 2 aromatic carbocycles. The molecule has 170 valence electrons. The van der Waals surface area contributed by atoms with E-state index in [9.17, 15) is 9.59 Å². The summed E-state index contributed by atoms with van der Waals surface area (Å²) in [6, 6.07) is 14.3. The Morgan fingerprint density at radius 3 is 2.27 bits per heavy atom. The Kier molecular flexibility index (Phi) is 5.00. The zero-order chi connectivity index (χ0) is 23.4. The van der Waals surface area contributed by atoms with Gasteiger partial charge in [0.1, 0.15) is 0 Å². The standard InChI is InChI=1S/C26H29N5O2/c1-16-6-8-20(9-7-16)15-31-24(32)22-23(28(5)26(31)33)27-25-29(13-19(4)14-30(22)25)21-11-17(2)10-18(3)12-21/h6-12,19H,13-15H2,1-5H3/t19-/m0/s1. The number of nitrogens with zero attached hydrogens (tertiary/aromatic N) is 5. The molecule has 1 aliphatic heterocycles. The first-order valence-corrected chi connectivity index (χ1v) is 11.3. The van der Waals surface area contributed by atoms with Gasteiger partial charge in [0.25, 0.3) is 5.56 Å². The number of imidazole rings is 1. The summed E-state index contributed by atoms with van der Waals surface area (Å²) in [7, 11) is 1.69. The lowest BCUT2D eigenvalue weighted by Gasteiger charge is -2.33. The molecule has 1 atom stereocenters. The zero-order valence-corrected chi connectivity index (χ0v) is 19.8. The van der Waals surface area contributed by atoms with Gasteiger partial charge in [-0.3, -0.25) is 13.9 Å². The van der Waals surface area contributed by atoms with Crippen molar-refractivity contribution in [2.45, 2.75) is 40.8 Å². The second-order valence-electron chi connectivity index (χ2n) is 9.47. The van der Waals surface area contributed by atoms with Gasteiger partial charge in [-0.25, -0.2) is 4.79 Å². The average Bonchev–Trinajstić information content (AvgIpc) is 3.15. The molecule has 7 nitrogen and oxygen atoms in total. The van der Waals surface area contributed by atoms with Crippen molar-refractivity contribution in [3.8, 4) is 0 Å². The molecule has 0 saturated heterocycles. The van der Waals surface area contributed by atoms with E-state index in [0.29, 0.717) is 29.6 Å². The number of hydrogen-bond acceptors (Lipinski definition) is 4. The third-order valence-electron chi connectivity index (χ3n) is 6.42. The van der Waals surface area contributed by atoms with Gasteiger partial charge in [0.2, 0.25) is 5.95 Å². The minimum absolute atomic E-state index is 0.235. The summed E-state index contributed by atoms with van der Waals surface area (Å²) in [6.45, 7) is 10.1. The van der Waals surface area contributed by atoms with E-state index in [1.807, 2.05) is 35.8 Å². The van der Waals surface area contributed by atoms with Gasteiger partial charge in [0.15, 0.2) is 11.2 Å². The number of aryl methyl sites for hydroxylation is 4. The third-order valence-corrected chi connectivity index (χ3v) is 6.42. The van der Waals surface area contributed by atoms with E-state index in [2.05, 4.69) is 43.9 Å². The monoisotopic (exact) mass is 443 g/mol. The summed E-state index contributed by atoms with van der Waals surface area (Å²) in [5.74, 6) is 1.03. The Hall–Kier alpha value is -3.61. The van der Waals surface area contributed by atoms with E-state index in [4.69, 9.17) is 4.98 Å². The Morgan fingerprint density at radius 1 is 0.939 bits per heavy atom. The largest absolute Gasteiger partial charge is 0.332 e. The summed E-state index contributed by atoms with van der Waals surface area (Å²) >= 11 is 0. The Labute approximate surface area is 192 Å². The van der Waals surface area contributed by atoms with Crippen LogP contribution < -0.4 is 16.1 Å². The van der Waals surface area contributed by atoms with Gasteiger partial charge in [0, 0.05) is 25.8 Å². The van der Waals surface area contributed by atoms with E-state index in [1.165, 1.54) is 20.3 Å². The number of benzene rings is 2. The minimum atomic E-state index is -0.352. The van der Waals surface area contributed by atoms with Crippen LogP contribution in [-0.4, -0.2) is 25.2 Å². The molecule has 3 heterocycles. The van der Waals surface area contributed by atoms with Crippen LogP contribution in [0.2, 0.25) is 0 Å². The van der Waals surface area contributed by atoms with Crippen molar-refractivity contribution >= 4 is 22.8 Å². The second kappa shape index (κ2) is 7.76. The van der Waals surface area contributed by atoms with Crippen molar-refractivity contribution in [1.82, 2.24) is 18.7 Å². The Balaban J connectivity index is 1.72. The fourth-order valence-electron chi connectivity index (χ4n) is 4.84. The number of hydrogen-bond donors (Lipinski definition) is 0. The van der Waals surface area contributed by atoms with Crippen LogP contribution >= 0.6 is 0 Å². The molecule has 0 unspecified atom stereocenters. The molecule has 0 bridgehead atoms. The number of aromatic nitrogens is 4. The summed E-state index contributed by atoms with van der Waals surface area (Å²) in [5, 5.41) is 0. The first-order chi connectivity index (χ1) is 15.7. The highest BCUT2D eigenvalue weighted by molar-refractivity contribution is 5.77. The Morgan fingerprint density at radius 2 is 1.61 bits per heavy atom. The molecule has 0 N–H and O–H groups in total. The molecule has 2 aromatic heterocycles. The fraction of sp³-hybridized carbons (Fsp3) is 0.346. The van der Waals surface area contributed by atoms with E-state index in [0.717, 1.165) is 23.4 Å². The highest BCUT2D eigenvalue weighted by Crippen LogP contribution is 2.33. The van der Waals surface area contributed by atoms with Gasteiger partial charge >= 0.3 is 5.69 Å². The molecular weight excluding hydrogens is 414 g/mol. The summed E-state index contributed by atoms with van der Waals surface area (Å²) < 4.78 is 4.82. The zero-order valence-electron chi connectivity index (χ0n) is 19.8. The minimum Gasteiger partial charge on any atom is -0.312 e. The maximum absolute atomic E-state index is 13.6. The Bertz CT molecular complexity index is 1470. The van der Waals surface area contributed by atoms with Gasteiger partial charge in [-0.05, 0) is 55.5 Å². The molecule has 1 aliphatic rings. The summed E-state index contributed by atoms with van der Waals surface area (Å²) in [6.07, 6.45) is 0. The van der Waals surface area contributed by atoms with Crippen molar-refractivity contribution in [3.63, 3.8) is 0 Å². The first kappa shape index (κ1) is 21.2. The molecule has 0 saturated carbocycles. The van der Waals surface area contributed by atoms with Gasteiger partial charge in [0.05, 0.1) is 6.54 Å². The highest BCUT2D eigenvalue weighted by Gasteiger charge is 2.30. The normalized spacial score (nSPS) is 15.8. The lowest BCUT2D eigenvalue weighted by molar-refractivity contribution is 0.458. The maximum Gasteiger partial charge on any atom is 0.332 e.